The summed E-state index contributed by atoms with van der Waals surface area (Å²) in [6.45, 7) is 0. The van der Waals surface area contributed by atoms with Crippen LogP contribution in [-0.4, -0.2) is 23.0 Å². The second kappa shape index (κ2) is 5.89. The highest BCUT2D eigenvalue weighted by atomic mass is 16.4. The quantitative estimate of drug-likeness (QED) is 0.833. The smallest absolute Gasteiger partial charge is 0.327 e. The standard InChI is InChI=1S/C16H13NO3/c1-2-6-14(16(19)20)17-15(18)13-10-5-8-11-7-3-4-9-12(11)13/h1,3-5,7-10,14H,6H2,(H,17,18)(H,19,20)/t14-/m1/s1. The van der Waals surface area contributed by atoms with Gasteiger partial charge in [-0.25, -0.2) is 4.79 Å². The van der Waals surface area contributed by atoms with Crippen molar-refractivity contribution in [1.82, 2.24) is 5.32 Å². The normalized spacial score (nSPS) is 11.6. The van der Waals surface area contributed by atoms with E-state index < -0.39 is 17.9 Å². The molecule has 0 heterocycles. The van der Waals surface area contributed by atoms with Gasteiger partial charge in [-0.1, -0.05) is 36.4 Å². The first-order valence-electron chi connectivity index (χ1n) is 6.08. The lowest BCUT2D eigenvalue weighted by Crippen LogP contribution is -2.40. The van der Waals surface area contributed by atoms with Gasteiger partial charge in [0.15, 0.2) is 0 Å². The first-order valence-corrected chi connectivity index (χ1v) is 6.08. The molecular weight excluding hydrogens is 254 g/mol. The number of hydrogen-bond donors (Lipinski definition) is 2. The van der Waals surface area contributed by atoms with Crippen molar-refractivity contribution in [3.05, 3.63) is 48.0 Å². The van der Waals surface area contributed by atoms with E-state index in [2.05, 4.69) is 11.2 Å². The zero-order valence-corrected chi connectivity index (χ0v) is 10.7. The van der Waals surface area contributed by atoms with E-state index in [4.69, 9.17) is 11.5 Å². The van der Waals surface area contributed by atoms with Gasteiger partial charge in [0.2, 0.25) is 0 Å². The Labute approximate surface area is 116 Å². The lowest BCUT2D eigenvalue weighted by molar-refractivity contribution is -0.139. The van der Waals surface area contributed by atoms with Crippen LogP contribution >= 0.6 is 0 Å². The average molecular weight is 267 g/mol. The summed E-state index contributed by atoms with van der Waals surface area (Å²) in [5, 5.41) is 13.1. The topological polar surface area (TPSA) is 66.4 Å². The van der Waals surface area contributed by atoms with Crippen molar-refractivity contribution >= 4 is 22.6 Å². The molecule has 100 valence electrons. The zero-order chi connectivity index (χ0) is 14.5. The number of carboxylic acids is 1. The lowest BCUT2D eigenvalue weighted by Gasteiger charge is -2.13. The van der Waals surface area contributed by atoms with Gasteiger partial charge in [0, 0.05) is 12.0 Å². The molecule has 0 aliphatic heterocycles. The Kier molecular flexibility index (Phi) is 4.02. The van der Waals surface area contributed by atoms with E-state index in [1.165, 1.54) is 0 Å². The van der Waals surface area contributed by atoms with Gasteiger partial charge in [0.05, 0.1) is 0 Å². The summed E-state index contributed by atoms with van der Waals surface area (Å²) in [5.41, 5.74) is 0.436. The minimum Gasteiger partial charge on any atom is -0.480 e. The van der Waals surface area contributed by atoms with E-state index in [0.29, 0.717) is 5.56 Å². The zero-order valence-electron chi connectivity index (χ0n) is 10.7. The van der Waals surface area contributed by atoms with Crippen LogP contribution < -0.4 is 5.32 Å². The molecule has 2 aromatic carbocycles. The molecule has 4 heteroatoms. The molecule has 0 aliphatic rings. The van der Waals surface area contributed by atoms with E-state index in [1.807, 2.05) is 30.3 Å². The van der Waals surface area contributed by atoms with Crippen molar-refractivity contribution in [2.24, 2.45) is 0 Å². The number of nitrogens with one attached hydrogen (secondary N) is 1. The maximum atomic E-state index is 12.2. The SMILES string of the molecule is C#CC[C@@H](NC(=O)c1cccc2ccccc12)C(=O)O. The van der Waals surface area contributed by atoms with E-state index >= 15 is 0 Å². The number of fused-ring (bicyclic) bond motifs is 1. The highest BCUT2D eigenvalue weighted by Crippen LogP contribution is 2.18. The largest absolute Gasteiger partial charge is 0.480 e. The lowest BCUT2D eigenvalue weighted by atomic mass is 10.0. The first kappa shape index (κ1) is 13.6. The van der Waals surface area contributed by atoms with E-state index in [0.717, 1.165) is 10.8 Å². The van der Waals surface area contributed by atoms with Crippen LogP contribution in [0.2, 0.25) is 0 Å². The van der Waals surface area contributed by atoms with Crippen molar-refractivity contribution in [2.45, 2.75) is 12.5 Å². The van der Waals surface area contributed by atoms with Gasteiger partial charge in [0.1, 0.15) is 6.04 Å². The Bertz CT molecular complexity index is 695. The van der Waals surface area contributed by atoms with Crippen LogP contribution in [0.3, 0.4) is 0 Å². The summed E-state index contributed by atoms with van der Waals surface area (Å²) in [7, 11) is 0. The molecule has 0 aromatic heterocycles. The molecule has 20 heavy (non-hydrogen) atoms. The molecule has 0 saturated carbocycles. The summed E-state index contributed by atoms with van der Waals surface area (Å²) in [6.07, 6.45) is 5.06. The molecule has 0 fully saturated rings. The maximum absolute atomic E-state index is 12.2. The fourth-order valence-corrected chi connectivity index (χ4v) is 1.98. The summed E-state index contributed by atoms with van der Waals surface area (Å²) in [4.78, 5) is 23.2. The Morgan fingerprint density at radius 1 is 1.20 bits per heavy atom. The number of benzene rings is 2. The summed E-state index contributed by atoms with van der Waals surface area (Å²) in [6, 6.07) is 11.6. The van der Waals surface area contributed by atoms with Crippen LogP contribution in [0, 0.1) is 12.3 Å². The van der Waals surface area contributed by atoms with E-state index in [-0.39, 0.29) is 6.42 Å². The molecule has 0 unspecified atom stereocenters. The third-order valence-corrected chi connectivity index (χ3v) is 2.96. The summed E-state index contributed by atoms with van der Waals surface area (Å²) in [5.74, 6) is 0.665. The van der Waals surface area contributed by atoms with Crippen LogP contribution in [0.25, 0.3) is 10.8 Å². The minimum atomic E-state index is -1.14. The molecule has 2 rings (SSSR count). The number of rotatable bonds is 4. The predicted molar refractivity (Wildman–Crippen MR) is 76.3 cm³/mol. The molecule has 2 N–H and O–H groups in total. The number of terminal acetylenes is 1. The number of amides is 1. The van der Waals surface area contributed by atoms with Gasteiger partial charge in [-0.3, -0.25) is 4.79 Å². The van der Waals surface area contributed by atoms with Crippen molar-refractivity contribution in [1.29, 1.82) is 0 Å². The highest BCUT2D eigenvalue weighted by Gasteiger charge is 2.20. The fourth-order valence-electron chi connectivity index (χ4n) is 1.98. The summed E-state index contributed by atoms with van der Waals surface area (Å²) < 4.78 is 0. The van der Waals surface area contributed by atoms with Gasteiger partial charge in [-0.05, 0) is 16.8 Å². The molecule has 2 aromatic rings. The molecule has 0 bridgehead atoms. The number of hydrogen-bond acceptors (Lipinski definition) is 2. The van der Waals surface area contributed by atoms with Crippen LogP contribution in [0.15, 0.2) is 42.5 Å². The van der Waals surface area contributed by atoms with Crippen molar-refractivity contribution in [2.75, 3.05) is 0 Å². The van der Waals surface area contributed by atoms with Crippen LogP contribution in [0.4, 0.5) is 0 Å². The molecule has 0 radical (unpaired) electrons. The van der Waals surface area contributed by atoms with E-state index in [1.54, 1.807) is 12.1 Å². The number of carbonyl (C=O) groups is 2. The number of carboxylic acid groups (broad SMARTS) is 1. The third-order valence-electron chi connectivity index (χ3n) is 2.96. The molecule has 0 aliphatic carbocycles. The summed E-state index contributed by atoms with van der Waals surface area (Å²) >= 11 is 0. The van der Waals surface area contributed by atoms with Crippen LogP contribution in [0.5, 0.6) is 0 Å². The Hall–Kier alpha value is -2.80. The van der Waals surface area contributed by atoms with Crippen LogP contribution in [0.1, 0.15) is 16.8 Å². The van der Waals surface area contributed by atoms with Crippen LogP contribution in [-0.2, 0) is 4.79 Å². The van der Waals surface area contributed by atoms with Gasteiger partial charge in [-0.2, -0.15) is 0 Å². The number of carbonyl (C=O) groups excluding carboxylic acids is 1. The monoisotopic (exact) mass is 267 g/mol. The molecular formula is C16H13NO3. The first-order chi connectivity index (χ1) is 9.63. The van der Waals surface area contributed by atoms with Crippen molar-refractivity contribution < 1.29 is 14.7 Å². The average Bonchev–Trinajstić information content (AvgIpc) is 2.46. The Morgan fingerprint density at radius 3 is 2.60 bits per heavy atom. The fraction of sp³-hybridized carbons (Fsp3) is 0.125. The second-order valence-corrected chi connectivity index (χ2v) is 4.30. The third kappa shape index (κ3) is 2.78. The van der Waals surface area contributed by atoms with E-state index in [9.17, 15) is 9.59 Å². The molecule has 0 spiro atoms. The maximum Gasteiger partial charge on any atom is 0.327 e. The minimum absolute atomic E-state index is 0.0498. The Morgan fingerprint density at radius 2 is 1.90 bits per heavy atom. The molecule has 1 amide bonds. The van der Waals surface area contributed by atoms with Crippen molar-refractivity contribution in [3.8, 4) is 12.3 Å². The second-order valence-electron chi connectivity index (χ2n) is 4.30. The molecule has 0 saturated heterocycles. The van der Waals surface area contributed by atoms with Gasteiger partial charge < -0.3 is 10.4 Å². The van der Waals surface area contributed by atoms with Gasteiger partial charge >= 0.3 is 5.97 Å². The predicted octanol–water partition coefficient (Wildman–Crippen LogP) is 2.05. The molecule has 4 nitrogen and oxygen atoms in total. The van der Waals surface area contributed by atoms with Gasteiger partial charge in [0.25, 0.3) is 5.91 Å². The number of aliphatic carboxylic acids is 1. The highest BCUT2D eigenvalue weighted by molar-refractivity contribution is 6.07. The molecule has 1 atom stereocenters. The Balaban J connectivity index is 2.32. The van der Waals surface area contributed by atoms with Crippen molar-refractivity contribution in [3.63, 3.8) is 0 Å². The van der Waals surface area contributed by atoms with Gasteiger partial charge in [-0.15, -0.1) is 12.3 Å².